The summed E-state index contributed by atoms with van der Waals surface area (Å²) in [5.74, 6) is 2.87. The second-order valence-electron chi connectivity index (χ2n) is 25.8. The Bertz CT molecular complexity index is 1810. The maximum absolute atomic E-state index is 10.6. The van der Waals surface area contributed by atoms with E-state index in [2.05, 4.69) is 172 Å². The number of hydrogen-bond donors (Lipinski definition) is 4. The number of aliphatic hydroxyl groups is 4. The minimum Gasteiger partial charge on any atom is -0.392 e. The average Bonchev–Trinajstić information content (AvgIpc) is 3.54. The molecule has 12 heteroatoms. The van der Waals surface area contributed by atoms with E-state index in [4.69, 9.17) is 0 Å². The van der Waals surface area contributed by atoms with Crippen LogP contribution in [0.4, 0.5) is 0 Å². The van der Waals surface area contributed by atoms with E-state index in [1.165, 1.54) is 152 Å². The van der Waals surface area contributed by atoms with Crippen LogP contribution in [0.5, 0.6) is 0 Å². The summed E-state index contributed by atoms with van der Waals surface area (Å²) in [6.45, 7) is 31.5. The summed E-state index contributed by atoms with van der Waals surface area (Å²) >= 11 is 0. The average molecular weight is 1250 g/mol. The summed E-state index contributed by atoms with van der Waals surface area (Å²) in [6.07, 6.45) is 18.7. The zero-order valence-corrected chi connectivity index (χ0v) is 56.8. The Morgan fingerprint density at radius 3 is 0.560 bits per heavy atom. The first-order valence-electron chi connectivity index (χ1n) is 32.5. The van der Waals surface area contributed by atoms with Crippen LogP contribution < -0.4 is 0 Å². The summed E-state index contributed by atoms with van der Waals surface area (Å²) < 4.78 is 0. The number of benzene rings is 4. The fraction of sp³-hybridized carbons (Fsp3) is 0.667. The van der Waals surface area contributed by atoms with Crippen molar-refractivity contribution in [2.45, 2.75) is 206 Å². The molecule has 0 aliphatic carbocycles. The second kappa shape index (κ2) is 45.9. The zero-order valence-electron chi connectivity index (χ0n) is 53.5. The molecule has 480 valence electrons. The van der Waals surface area contributed by atoms with Crippen molar-refractivity contribution < 1.29 is 20.4 Å². The van der Waals surface area contributed by atoms with Crippen molar-refractivity contribution in [1.82, 2.24) is 19.6 Å². The van der Waals surface area contributed by atoms with Crippen LogP contribution in [-0.4, -0.2) is 143 Å². The normalized spacial score (nSPS) is 19.0. The Morgan fingerprint density at radius 2 is 0.417 bits per heavy atom. The van der Waals surface area contributed by atoms with Crippen LogP contribution in [0.1, 0.15) is 204 Å². The Balaban J connectivity index is 0.000000551. The smallest absolute Gasteiger partial charge is 0.0623 e. The number of rotatable bonds is 24. The van der Waals surface area contributed by atoms with Gasteiger partial charge in [0.1, 0.15) is 0 Å². The summed E-state index contributed by atoms with van der Waals surface area (Å²) in [5.41, 5.74) is 5.09. The molecule has 84 heavy (non-hydrogen) atoms. The van der Waals surface area contributed by atoms with Gasteiger partial charge in [-0.2, -0.15) is 0 Å². The first kappa shape index (κ1) is 79.7. The molecule has 4 heterocycles. The predicted octanol–water partition coefficient (Wildman–Crippen LogP) is 16.3. The number of likely N-dealkylation sites (tertiary alicyclic amines) is 4. The van der Waals surface area contributed by atoms with Crippen LogP contribution in [-0.2, 0) is 0 Å². The standard InChI is InChI=1S/4C18H29NO.4ClH/c4*1-15(2)18(16-9-5-3-6-10-16)17(20)11-14-19-12-7-4-8-13-19;;;;/h4*3,5-6,9-10,15,17-18,20H,4,7-8,11-14H2,1-2H3;4*1H. The van der Waals surface area contributed by atoms with Gasteiger partial charge in [-0.1, -0.05) is 202 Å². The van der Waals surface area contributed by atoms with E-state index < -0.39 is 0 Å². The van der Waals surface area contributed by atoms with Crippen molar-refractivity contribution in [3.8, 4) is 0 Å². The van der Waals surface area contributed by atoms with Gasteiger partial charge in [0.05, 0.1) is 24.4 Å². The quantitative estimate of drug-likeness (QED) is 0.0551. The summed E-state index contributed by atoms with van der Waals surface area (Å²) in [4.78, 5) is 10.0. The molecule has 0 saturated carbocycles. The lowest BCUT2D eigenvalue weighted by atomic mass is 9.82. The molecule has 8 atom stereocenters. The second-order valence-corrected chi connectivity index (χ2v) is 25.8. The van der Waals surface area contributed by atoms with Gasteiger partial charge in [-0.15, -0.1) is 49.6 Å². The largest absolute Gasteiger partial charge is 0.392 e. The Kier molecular flexibility index (Phi) is 43.6. The summed E-state index contributed by atoms with van der Waals surface area (Å²) in [5, 5.41) is 42.5. The maximum atomic E-state index is 10.6. The first-order chi connectivity index (χ1) is 38.7. The van der Waals surface area contributed by atoms with E-state index in [-0.39, 0.29) is 97.7 Å². The summed E-state index contributed by atoms with van der Waals surface area (Å²) in [7, 11) is 0. The molecule has 8 nitrogen and oxygen atoms in total. The van der Waals surface area contributed by atoms with E-state index >= 15 is 0 Å². The molecule has 8 rings (SSSR count). The molecule has 4 N–H and O–H groups in total. The lowest BCUT2D eigenvalue weighted by molar-refractivity contribution is 0.0935. The van der Waals surface area contributed by atoms with Gasteiger partial charge in [0.25, 0.3) is 0 Å². The highest BCUT2D eigenvalue weighted by atomic mass is 35.5. The first-order valence-corrected chi connectivity index (χ1v) is 32.5. The van der Waals surface area contributed by atoms with Gasteiger partial charge in [-0.25, -0.2) is 0 Å². The van der Waals surface area contributed by atoms with Gasteiger partial charge in [0.15, 0.2) is 0 Å². The molecule has 4 fully saturated rings. The van der Waals surface area contributed by atoms with Gasteiger partial charge in [-0.05, 0) is 175 Å². The zero-order chi connectivity index (χ0) is 57.5. The monoisotopic (exact) mass is 1240 g/mol. The van der Waals surface area contributed by atoms with E-state index in [0.29, 0.717) is 23.7 Å². The van der Waals surface area contributed by atoms with Crippen LogP contribution in [0, 0.1) is 23.7 Å². The van der Waals surface area contributed by atoms with E-state index in [9.17, 15) is 20.4 Å². The van der Waals surface area contributed by atoms with E-state index in [1.54, 1.807) is 0 Å². The van der Waals surface area contributed by atoms with Crippen LogP contribution in [0.2, 0.25) is 0 Å². The topological polar surface area (TPSA) is 93.9 Å². The number of nitrogens with zero attached hydrogens (tertiary/aromatic N) is 4. The molecular weight excluding hydrogens is 1130 g/mol. The van der Waals surface area contributed by atoms with Gasteiger partial charge >= 0.3 is 0 Å². The molecule has 4 aliphatic heterocycles. The molecule has 4 aromatic rings. The fourth-order valence-electron chi connectivity index (χ4n) is 13.6. The molecule has 0 aromatic heterocycles. The summed E-state index contributed by atoms with van der Waals surface area (Å²) in [6, 6.07) is 41.9. The minimum atomic E-state index is -0.237. The number of aliphatic hydroxyl groups excluding tert-OH is 4. The van der Waals surface area contributed by atoms with Gasteiger partial charge in [0, 0.05) is 49.9 Å². The highest BCUT2D eigenvalue weighted by molar-refractivity contribution is 5.86. The highest BCUT2D eigenvalue weighted by Gasteiger charge is 2.29. The fourth-order valence-corrected chi connectivity index (χ4v) is 13.6. The molecule has 0 amide bonds. The van der Waals surface area contributed by atoms with Crippen molar-refractivity contribution in [2.24, 2.45) is 23.7 Å². The van der Waals surface area contributed by atoms with Crippen molar-refractivity contribution in [2.75, 3.05) is 78.5 Å². The van der Waals surface area contributed by atoms with E-state index in [0.717, 1.165) is 51.9 Å². The molecule has 4 aromatic carbocycles. The van der Waals surface area contributed by atoms with Crippen LogP contribution in [0.25, 0.3) is 0 Å². The van der Waals surface area contributed by atoms with Crippen molar-refractivity contribution >= 4 is 49.6 Å². The molecule has 4 saturated heterocycles. The van der Waals surface area contributed by atoms with Gasteiger partial charge in [-0.3, -0.25) is 0 Å². The lowest BCUT2D eigenvalue weighted by Gasteiger charge is -2.31. The molecule has 0 radical (unpaired) electrons. The maximum Gasteiger partial charge on any atom is 0.0623 e. The van der Waals surface area contributed by atoms with Crippen molar-refractivity contribution in [1.29, 1.82) is 0 Å². The van der Waals surface area contributed by atoms with Gasteiger partial charge < -0.3 is 40.0 Å². The SMILES string of the molecule is CC(C)C(c1ccccc1)C(O)CCN1CCCCC1.CC(C)C(c1ccccc1)C(O)CCN1CCCCC1.CC(C)C(c1ccccc1)C(O)CCN1CCCCC1.CC(C)C(c1ccccc1)C(O)CCN1CCCCC1.Cl.Cl.Cl.Cl. The van der Waals surface area contributed by atoms with Crippen molar-refractivity contribution in [3.05, 3.63) is 144 Å². The third-order valence-electron chi connectivity index (χ3n) is 18.0. The molecular formula is C72H120Cl4N4O4. The van der Waals surface area contributed by atoms with Crippen LogP contribution in [0.15, 0.2) is 121 Å². The molecule has 0 bridgehead atoms. The number of hydrogen-bond acceptors (Lipinski definition) is 8. The molecule has 0 spiro atoms. The third-order valence-corrected chi connectivity index (χ3v) is 18.0. The number of piperidine rings is 4. The minimum absolute atomic E-state index is 0. The third kappa shape index (κ3) is 29.4. The molecule has 8 unspecified atom stereocenters. The van der Waals surface area contributed by atoms with Crippen LogP contribution >= 0.6 is 49.6 Å². The van der Waals surface area contributed by atoms with E-state index in [1.807, 2.05) is 24.3 Å². The highest BCUT2D eigenvalue weighted by Crippen LogP contribution is 2.33. The molecule has 4 aliphatic rings. The predicted molar refractivity (Wildman–Crippen MR) is 369 cm³/mol. The Morgan fingerprint density at radius 1 is 0.262 bits per heavy atom. The van der Waals surface area contributed by atoms with Crippen molar-refractivity contribution in [3.63, 3.8) is 0 Å². The van der Waals surface area contributed by atoms with Crippen LogP contribution in [0.3, 0.4) is 0 Å². The Hall–Kier alpha value is -2.28. The van der Waals surface area contributed by atoms with Gasteiger partial charge in [0.2, 0.25) is 0 Å². The Labute approximate surface area is 538 Å². The lowest BCUT2D eigenvalue weighted by Crippen LogP contribution is -2.34. The number of halogens is 4.